The van der Waals surface area contributed by atoms with Gasteiger partial charge in [0, 0.05) is 21.3 Å². The number of aromatic amines is 1. The predicted octanol–water partition coefficient (Wildman–Crippen LogP) is 5.78. The van der Waals surface area contributed by atoms with Crippen molar-refractivity contribution in [2.75, 3.05) is 0 Å². The summed E-state index contributed by atoms with van der Waals surface area (Å²) in [4.78, 5) is 7.63. The van der Waals surface area contributed by atoms with Crippen LogP contribution in [0.3, 0.4) is 0 Å². The summed E-state index contributed by atoms with van der Waals surface area (Å²) in [5.41, 5.74) is 2.75. The summed E-state index contributed by atoms with van der Waals surface area (Å²) in [5, 5.41) is 1.12. The van der Waals surface area contributed by atoms with Crippen LogP contribution < -0.4 is 0 Å². The molecule has 0 spiro atoms. The zero-order valence-electron chi connectivity index (χ0n) is 10.8. The van der Waals surface area contributed by atoms with Crippen molar-refractivity contribution in [2.45, 2.75) is 0 Å². The van der Waals surface area contributed by atoms with E-state index in [0.29, 0.717) is 20.5 Å². The summed E-state index contributed by atoms with van der Waals surface area (Å²) in [6.45, 7) is 0. The number of nitrogens with one attached hydrogen (secondary N) is 1. The molecular weight excluding hydrogens is 323 g/mol. The van der Waals surface area contributed by atoms with Gasteiger partial charge in [-0.3, -0.25) is 0 Å². The number of hydrogen-bond acceptors (Lipinski definition) is 2. The molecule has 0 aliphatic rings. The Labute approximate surface area is 137 Å². The maximum absolute atomic E-state index is 6.04. The van der Waals surface area contributed by atoms with Gasteiger partial charge in [-0.05, 0) is 29.8 Å². The lowest BCUT2D eigenvalue weighted by atomic mass is 10.1. The molecule has 2 nitrogen and oxygen atoms in total. The Hall–Kier alpha value is -1.68. The van der Waals surface area contributed by atoms with Crippen molar-refractivity contribution in [1.29, 1.82) is 0 Å². The lowest BCUT2D eigenvalue weighted by Crippen LogP contribution is -1.93. The van der Waals surface area contributed by atoms with E-state index in [1.165, 1.54) is 0 Å². The van der Waals surface area contributed by atoms with Crippen LogP contribution in [0.1, 0.15) is 0 Å². The summed E-state index contributed by atoms with van der Waals surface area (Å²) in [6.07, 6.45) is 0. The monoisotopic (exact) mass is 332 g/mol. The average Bonchev–Trinajstić information content (AvgIpc) is 2.46. The molecule has 0 bridgehead atoms. The fourth-order valence-electron chi connectivity index (χ4n) is 2.06. The van der Waals surface area contributed by atoms with Crippen LogP contribution in [-0.2, 0) is 0 Å². The molecule has 0 atom stereocenters. The van der Waals surface area contributed by atoms with Gasteiger partial charge in [0.2, 0.25) is 0 Å². The van der Waals surface area contributed by atoms with Crippen molar-refractivity contribution in [3.63, 3.8) is 0 Å². The first-order valence-electron chi connectivity index (χ1n) is 6.25. The van der Waals surface area contributed by atoms with E-state index in [9.17, 15) is 0 Å². The van der Waals surface area contributed by atoms with E-state index in [4.69, 9.17) is 35.4 Å². The molecule has 5 heteroatoms. The number of benzene rings is 2. The third kappa shape index (κ3) is 3.32. The van der Waals surface area contributed by atoms with Crippen LogP contribution in [0.5, 0.6) is 0 Å². The highest BCUT2D eigenvalue weighted by atomic mass is 35.5. The van der Waals surface area contributed by atoms with E-state index in [2.05, 4.69) is 9.97 Å². The molecular formula is C16H10Cl2N2S. The van der Waals surface area contributed by atoms with Crippen molar-refractivity contribution >= 4 is 35.4 Å². The summed E-state index contributed by atoms with van der Waals surface area (Å²) < 4.78 is 0.513. The molecule has 21 heavy (non-hydrogen) atoms. The zero-order chi connectivity index (χ0) is 14.8. The van der Waals surface area contributed by atoms with Crippen LogP contribution in [0.4, 0.5) is 0 Å². The Morgan fingerprint density at radius 3 is 2.19 bits per heavy atom. The van der Waals surface area contributed by atoms with Crippen molar-refractivity contribution in [3.8, 4) is 22.6 Å². The molecule has 0 radical (unpaired) electrons. The molecule has 1 heterocycles. The number of rotatable bonds is 2. The third-order valence-corrected chi connectivity index (χ3v) is 3.61. The Morgan fingerprint density at radius 1 is 0.857 bits per heavy atom. The van der Waals surface area contributed by atoms with E-state index in [-0.39, 0.29) is 0 Å². The van der Waals surface area contributed by atoms with Crippen molar-refractivity contribution in [2.24, 2.45) is 0 Å². The Morgan fingerprint density at radius 2 is 1.52 bits per heavy atom. The van der Waals surface area contributed by atoms with Gasteiger partial charge in [-0.1, -0.05) is 65.8 Å². The van der Waals surface area contributed by atoms with Gasteiger partial charge in [0.25, 0.3) is 0 Å². The van der Waals surface area contributed by atoms with Crippen LogP contribution in [0, 0.1) is 4.64 Å². The number of H-pyrrole nitrogens is 1. The van der Waals surface area contributed by atoms with E-state index in [0.717, 1.165) is 16.8 Å². The zero-order valence-corrected chi connectivity index (χ0v) is 13.1. The van der Waals surface area contributed by atoms with Gasteiger partial charge in [0.05, 0.1) is 0 Å². The van der Waals surface area contributed by atoms with Crippen molar-refractivity contribution in [1.82, 2.24) is 9.97 Å². The van der Waals surface area contributed by atoms with Gasteiger partial charge in [0.1, 0.15) is 10.5 Å². The molecule has 1 aromatic heterocycles. The van der Waals surface area contributed by atoms with Crippen LogP contribution >= 0.6 is 35.4 Å². The molecule has 0 unspecified atom stereocenters. The minimum absolute atomic E-state index is 0.513. The fourth-order valence-corrected chi connectivity index (χ4v) is 2.79. The number of nitrogens with zero attached hydrogens (tertiary/aromatic N) is 1. The SMILES string of the molecule is S=c1cc(-c2ccccc2)[nH]c(-c2cc(Cl)cc(Cl)c2)n1. The van der Waals surface area contributed by atoms with Gasteiger partial charge < -0.3 is 4.98 Å². The minimum Gasteiger partial charge on any atom is -0.339 e. The Bertz CT molecular complexity index is 824. The Kier molecular flexibility index (Phi) is 4.06. The maximum Gasteiger partial charge on any atom is 0.139 e. The highest BCUT2D eigenvalue weighted by Gasteiger charge is 2.06. The summed E-state index contributed by atoms with van der Waals surface area (Å²) in [7, 11) is 0. The second-order valence-corrected chi connectivity index (χ2v) is 5.80. The molecule has 0 aliphatic heterocycles. The van der Waals surface area contributed by atoms with Crippen molar-refractivity contribution in [3.05, 3.63) is 69.3 Å². The van der Waals surface area contributed by atoms with Crippen molar-refractivity contribution < 1.29 is 0 Å². The molecule has 1 N–H and O–H groups in total. The number of aromatic nitrogens is 2. The van der Waals surface area contributed by atoms with E-state index in [1.54, 1.807) is 18.2 Å². The quantitative estimate of drug-likeness (QED) is 0.602. The van der Waals surface area contributed by atoms with E-state index in [1.807, 2.05) is 36.4 Å². The number of halogens is 2. The third-order valence-electron chi connectivity index (χ3n) is 2.96. The van der Waals surface area contributed by atoms with Crippen LogP contribution in [0.25, 0.3) is 22.6 Å². The predicted molar refractivity (Wildman–Crippen MR) is 90.3 cm³/mol. The van der Waals surface area contributed by atoms with Gasteiger partial charge in [-0.2, -0.15) is 0 Å². The minimum atomic E-state index is 0.513. The van der Waals surface area contributed by atoms with E-state index >= 15 is 0 Å². The van der Waals surface area contributed by atoms with Gasteiger partial charge in [-0.25, -0.2) is 4.98 Å². The van der Waals surface area contributed by atoms with Crippen LogP contribution in [-0.4, -0.2) is 9.97 Å². The smallest absolute Gasteiger partial charge is 0.139 e. The summed E-state index contributed by atoms with van der Waals surface area (Å²) in [5.74, 6) is 0.644. The van der Waals surface area contributed by atoms with Gasteiger partial charge in [-0.15, -0.1) is 0 Å². The van der Waals surface area contributed by atoms with Gasteiger partial charge in [0.15, 0.2) is 0 Å². The second kappa shape index (κ2) is 5.98. The first kappa shape index (κ1) is 14.3. The Balaban J connectivity index is 2.16. The lowest BCUT2D eigenvalue weighted by molar-refractivity contribution is 1.16. The second-order valence-electron chi connectivity index (χ2n) is 4.51. The molecule has 104 valence electrons. The van der Waals surface area contributed by atoms with Crippen LogP contribution in [0.15, 0.2) is 54.6 Å². The topological polar surface area (TPSA) is 28.7 Å². The van der Waals surface area contributed by atoms with Gasteiger partial charge >= 0.3 is 0 Å². The normalized spacial score (nSPS) is 10.6. The highest BCUT2D eigenvalue weighted by Crippen LogP contribution is 2.26. The summed E-state index contributed by atoms with van der Waals surface area (Å²) in [6, 6.07) is 17.1. The molecule has 3 rings (SSSR count). The lowest BCUT2D eigenvalue weighted by Gasteiger charge is -2.07. The van der Waals surface area contributed by atoms with E-state index < -0.39 is 0 Å². The first-order chi connectivity index (χ1) is 10.1. The molecule has 0 saturated carbocycles. The molecule has 3 aromatic rings. The molecule has 0 saturated heterocycles. The maximum atomic E-state index is 6.04. The molecule has 2 aromatic carbocycles. The molecule has 0 fully saturated rings. The largest absolute Gasteiger partial charge is 0.339 e. The molecule has 0 aliphatic carbocycles. The highest BCUT2D eigenvalue weighted by molar-refractivity contribution is 7.71. The number of hydrogen-bond donors (Lipinski definition) is 1. The fraction of sp³-hybridized carbons (Fsp3) is 0. The molecule has 0 amide bonds. The standard InChI is InChI=1S/C16H10Cl2N2S/c17-12-6-11(7-13(18)8-12)16-19-14(9-15(21)20-16)10-4-2-1-3-5-10/h1-9H,(H,19,20,21). The first-order valence-corrected chi connectivity index (χ1v) is 7.41. The van der Waals surface area contributed by atoms with Crippen LogP contribution in [0.2, 0.25) is 10.0 Å². The summed E-state index contributed by atoms with van der Waals surface area (Å²) >= 11 is 17.3. The average molecular weight is 333 g/mol.